The fourth-order valence-electron chi connectivity index (χ4n) is 4.76. The Kier molecular flexibility index (Phi) is 6.66. The van der Waals surface area contributed by atoms with Crippen LogP contribution in [0.2, 0.25) is 0 Å². The Balaban J connectivity index is 1.96. The van der Waals surface area contributed by atoms with Gasteiger partial charge < -0.3 is 5.11 Å². The first kappa shape index (κ1) is 25.4. The molecule has 1 amide bonds. The molecule has 1 N–H and O–H groups in total. The number of rotatable bonds is 4. The van der Waals surface area contributed by atoms with Crippen LogP contribution in [0.1, 0.15) is 80.0 Å². The molecular weight excluding hydrogens is 446 g/mol. The maximum absolute atomic E-state index is 13.5. The second kappa shape index (κ2) is 9.42. The lowest BCUT2D eigenvalue weighted by Gasteiger charge is -2.26. The topological polar surface area (TPSA) is 57.6 Å². The van der Waals surface area contributed by atoms with Gasteiger partial charge in [0, 0.05) is 11.3 Å². The Morgan fingerprint density at radius 2 is 1.58 bits per heavy atom. The molecule has 1 aliphatic heterocycles. The second-order valence-corrected chi connectivity index (χ2v) is 11.1. The van der Waals surface area contributed by atoms with Crippen LogP contribution in [0.5, 0.6) is 0 Å². The number of aliphatic hydroxyl groups is 1. The van der Waals surface area contributed by atoms with Gasteiger partial charge in [-0.15, -0.1) is 0 Å². The summed E-state index contributed by atoms with van der Waals surface area (Å²) in [5.41, 5.74) is 6.03. The molecule has 1 unspecified atom stereocenters. The summed E-state index contributed by atoms with van der Waals surface area (Å²) in [5, 5.41) is 11.6. The Hall–Kier alpha value is -3.66. The molecule has 4 heteroatoms. The molecule has 1 fully saturated rings. The van der Waals surface area contributed by atoms with Gasteiger partial charge in [0.25, 0.3) is 11.7 Å². The highest BCUT2D eigenvalue weighted by Gasteiger charge is 2.47. The van der Waals surface area contributed by atoms with Crippen molar-refractivity contribution in [1.29, 1.82) is 0 Å². The van der Waals surface area contributed by atoms with Gasteiger partial charge in [-0.1, -0.05) is 88.7 Å². The molecule has 4 nitrogen and oxygen atoms in total. The third-order valence-corrected chi connectivity index (χ3v) is 7.00. The average molecular weight is 482 g/mol. The Morgan fingerprint density at radius 3 is 2.17 bits per heavy atom. The summed E-state index contributed by atoms with van der Waals surface area (Å²) < 4.78 is 0. The number of Topliss-reactive ketones (excluding diaryl/α,β-unsaturated/α-hetero) is 1. The van der Waals surface area contributed by atoms with E-state index in [0.717, 1.165) is 27.8 Å². The normalized spacial score (nSPS) is 17.8. The van der Waals surface area contributed by atoms with Gasteiger partial charge in [-0.3, -0.25) is 14.5 Å². The van der Waals surface area contributed by atoms with Crippen molar-refractivity contribution in [2.24, 2.45) is 0 Å². The molecule has 1 aliphatic rings. The van der Waals surface area contributed by atoms with Crippen LogP contribution in [-0.4, -0.2) is 16.8 Å². The molecule has 0 aliphatic carbocycles. The minimum Gasteiger partial charge on any atom is -0.507 e. The highest BCUT2D eigenvalue weighted by atomic mass is 16.3. The van der Waals surface area contributed by atoms with E-state index in [1.807, 2.05) is 80.6 Å². The minimum absolute atomic E-state index is 0.118. The maximum Gasteiger partial charge on any atom is 0.300 e. The zero-order valence-electron chi connectivity index (χ0n) is 22.2. The monoisotopic (exact) mass is 481 g/mol. The molecule has 0 spiro atoms. The number of anilines is 1. The van der Waals surface area contributed by atoms with Gasteiger partial charge in [0.15, 0.2) is 0 Å². The number of carbonyl (C=O) groups is 2. The van der Waals surface area contributed by atoms with E-state index in [0.29, 0.717) is 17.2 Å². The van der Waals surface area contributed by atoms with Gasteiger partial charge in [-0.05, 0) is 65.6 Å². The van der Waals surface area contributed by atoms with Gasteiger partial charge in [0.05, 0.1) is 11.6 Å². The van der Waals surface area contributed by atoms with Crippen molar-refractivity contribution in [2.45, 2.75) is 65.8 Å². The number of hydrogen-bond acceptors (Lipinski definition) is 3. The maximum atomic E-state index is 13.5. The third kappa shape index (κ3) is 4.60. The zero-order valence-corrected chi connectivity index (χ0v) is 22.2. The smallest absolute Gasteiger partial charge is 0.300 e. The number of carbonyl (C=O) groups excluding carboxylic acids is 2. The van der Waals surface area contributed by atoms with Crippen LogP contribution >= 0.6 is 0 Å². The highest BCUT2D eigenvalue weighted by Crippen LogP contribution is 2.43. The van der Waals surface area contributed by atoms with Crippen LogP contribution in [0, 0.1) is 13.8 Å². The number of benzene rings is 3. The van der Waals surface area contributed by atoms with Crippen molar-refractivity contribution >= 4 is 23.1 Å². The van der Waals surface area contributed by atoms with Crippen LogP contribution in [-0.2, 0) is 15.0 Å². The summed E-state index contributed by atoms with van der Waals surface area (Å²) in [6.45, 7) is 14.4. The van der Waals surface area contributed by atoms with E-state index in [-0.39, 0.29) is 16.7 Å². The molecule has 0 radical (unpaired) electrons. The van der Waals surface area contributed by atoms with Gasteiger partial charge >= 0.3 is 0 Å². The predicted octanol–water partition coefficient (Wildman–Crippen LogP) is 7.35. The molecule has 3 aromatic carbocycles. The fourth-order valence-corrected chi connectivity index (χ4v) is 4.76. The van der Waals surface area contributed by atoms with Crippen molar-refractivity contribution < 1.29 is 14.7 Å². The lowest BCUT2D eigenvalue weighted by atomic mass is 9.84. The summed E-state index contributed by atoms with van der Waals surface area (Å²) >= 11 is 0. The molecule has 1 atom stereocenters. The quantitative estimate of drug-likeness (QED) is 0.241. The van der Waals surface area contributed by atoms with E-state index in [1.165, 1.54) is 4.90 Å². The number of hydrogen-bond donors (Lipinski definition) is 1. The number of amides is 1. The number of ketones is 1. The van der Waals surface area contributed by atoms with Crippen molar-refractivity contribution in [1.82, 2.24) is 0 Å². The van der Waals surface area contributed by atoms with Crippen molar-refractivity contribution in [2.75, 3.05) is 4.90 Å². The molecule has 0 bridgehead atoms. The molecule has 0 saturated carbocycles. The van der Waals surface area contributed by atoms with Crippen LogP contribution in [0.25, 0.3) is 5.76 Å². The molecule has 0 aromatic heterocycles. The first-order valence-electron chi connectivity index (χ1n) is 12.5. The molecule has 36 heavy (non-hydrogen) atoms. The van der Waals surface area contributed by atoms with Gasteiger partial charge in [0.1, 0.15) is 5.76 Å². The van der Waals surface area contributed by atoms with E-state index in [1.54, 1.807) is 0 Å². The fraction of sp³-hybridized carbons (Fsp3) is 0.312. The minimum atomic E-state index is -0.729. The first-order chi connectivity index (χ1) is 16.9. The number of nitrogens with zero attached hydrogens (tertiary/aromatic N) is 1. The van der Waals surface area contributed by atoms with E-state index in [4.69, 9.17) is 0 Å². The Bertz CT molecular complexity index is 1360. The molecule has 3 aromatic rings. The third-order valence-electron chi connectivity index (χ3n) is 7.00. The molecule has 1 heterocycles. The summed E-state index contributed by atoms with van der Waals surface area (Å²) in [5.74, 6) is -1.10. The van der Waals surface area contributed by atoms with E-state index >= 15 is 0 Å². The Labute approximate surface area is 214 Å². The lowest BCUT2D eigenvalue weighted by molar-refractivity contribution is -0.132. The van der Waals surface area contributed by atoms with Crippen LogP contribution in [0.4, 0.5) is 5.69 Å². The van der Waals surface area contributed by atoms with Crippen LogP contribution in [0.15, 0.2) is 72.3 Å². The summed E-state index contributed by atoms with van der Waals surface area (Å²) in [6.07, 6.45) is 0. The Morgan fingerprint density at radius 1 is 0.917 bits per heavy atom. The molecule has 1 saturated heterocycles. The summed E-state index contributed by atoms with van der Waals surface area (Å²) in [7, 11) is 0. The first-order valence-corrected chi connectivity index (χ1v) is 12.5. The van der Waals surface area contributed by atoms with Gasteiger partial charge in [-0.25, -0.2) is 0 Å². The van der Waals surface area contributed by atoms with E-state index in [2.05, 4.69) is 34.6 Å². The van der Waals surface area contributed by atoms with Gasteiger partial charge in [0.2, 0.25) is 0 Å². The largest absolute Gasteiger partial charge is 0.507 e. The van der Waals surface area contributed by atoms with Crippen molar-refractivity contribution in [3.8, 4) is 0 Å². The number of aliphatic hydroxyl groups excluding tert-OH is 1. The second-order valence-electron chi connectivity index (χ2n) is 11.1. The van der Waals surface area contributed by atoms with Crippen molar-refractivity contribution in [3.63, 3.8) is 0 Å². The molecule has 186 valence electrons. The highest BCUT2D eigenvalue weighted by molar-refractivity contribution is 6.51. The number of aryl methyl sites for hydroxylation is 2. The summed E-state index contributed by atoms with van der Waals surface area (Å²) in [6, 6.07) is 20.7. The SMILES string of the molecule is Cc1cccc(C2/C(=C(\O)c3cc(C(C)(C)C)ccc3C)C(=O)C(=O)N2c2ccc(C(C)C)cc2)c1. The van der Waals surface area contributed by atoms with Crippen LogP contribution in [0.3, 0.4) is 0 Å². The summed E-state index contributed by atoms with van der Waals surface area (Å²) in [4.78, 5) is 28.5. The predicted molar refractivity (Wildman–Crippen MR) is 146 cm³/mol. The zero-order chi connectivity index (χ0) is 26.4. The van der Waals surface area contributed by atoms with E-state index < -0.39 is 17.7 Å². The molecular formula is C32H35NO3. The molecule has 4 rings (SSSR count). The van der Waals surface area contributed by atoms with Crippen LogP contribution < -0.4 is 4.90 Å². The lowest BCUT2D eigenvalue weighted by Crippen LogP contribution is -2.29. The standard InChI is InChI=1S/C32H35NO3/c1-19(2)22-12-15-25(16-13-22)33-28(23-10-8-9-20(3)17-23)27(30(35)31(33)36)29(34)26-18-24(32(5,6)7)14-11-21(26)4/h8-19,28,34H,1-7H3/b29-27+. The van der Waals surface area contributed by atoms with Gasteiger partial charge in [-0.2, -0.15) is 0 Å². The van der Waals surface area contributed by atoms with Crippen molar-refractivity contribution in [3.05, 3.63) is 106 Å². The van der Waals surface area contributed by atoms with E-state index in [9.17, 15) is 14.7 Å². The average Bonchev–Trinajstić information content (AvgIpc) is 3.08.